The maximum Gasteiger partial charge on any atom is 0.324 e. The van der Waals surface area contributed by atoms with E-state index in [9.17, 15) is 18.0 Å². The van der Waals surface area contributed by atoms with Crippen LogP contribution in [-0.2, 0) is 26.1 Å². The number of hydrogen-bond acceptors (Lipinski definition) is 5. The molecule has 0 saturated carbocycles. The second-order valence-electron chi connectivity index (χ2n) is 7.51. The van der Waals surface area contributed by atoms with Gasteiger partial charge >= 0.3 is 5.97 Å². The van der Waals surface area contributed by atoms with E-state index in [4.69, 9.17) is 16.3 Å². The molecule has 2 aromatic rings. The van der Waals surface area contributed by atoms with Crippen molar-refractivity contribution >= 4 is 33.4 Å². The molecule has 0 saturated heterocycles. The lowest BCUT2D eigenvalue weighted by molar-refractivity contribution is -0.145. The molecule has 0 bridgehead atoms. The van der Waals surface area contributed by atoms with E-state index in [1.165, 1.54) is 24.3 Å². The van der Waals surface area contributed by atoms with Gasteiger partial charge in [0, 0.05) is 28.5 Å². The number of halogens is 1. The zero-order valence-electron chi connectivity index (χ0n) is 18.0. The lowest BCUT2D eigenvalue weighted by Gasteiger charge is -2.20. The average Bonchev–Trinajstić information content (AvgIpc) is 2.99. The van der Waals surface area contributed by atoms with Crippen LogP contribution in [0.2, 0.25) is 5.02 Å². The zero-order valence-corrected chi connectivity index (χ0v) is 19.6. The van der Waals surface area contributed by atoms with Crippen molar-refractivity contribution in [2.45, 2.75) is 45.2 Å². The molecule has 0 radical (unpaired) electrons. The van der Waals surface area contributed by atoms with Gasteiger partial charge in [-0.2, -0.15) is 4.72 Å². The Morgan fingerprint density at radius 2 is 1.84 bits per heavy atom. The van der Waals surface area contributed by atoms with Crippen LogP contribution >= 0.6 is 11.6 Å². The average molecular weight is 467 g/mol. The molecule has 1 N–H and O–H groups in total. The van der Waals surface area contributed by atoms with Gasteiger partial charge in [0.15, 0.2) is 6.61 Å². The molecule has 0 unspecified atom stereocenters. The number of allylic oxidation sites excluding steroid dienone is 1. The minimum absolute atomic E-state index is 0.0268. The van der Waals surface area contributed by atoms with Crippen LogP contribution in [-0.4, -0.2) is 37.4 Å². The molecule has 9 heteroatoms. The van der Waals surface area contributed by atoms with Crippen molar-refractivity contribution in [2.75, 3.05) is 6.61 Å². The number of hydrogen-bond donors (Lipinski definition) is 1. The van der Waals surface area contributed by atoms with E-state index in [0.29, 0.717) is 17.1 Å². The number of Topliss-reactive ketones (excluding diaryl/α,β-unsaturated/α-hetero) is 1. The quantitative estimate of drug-likeness (QED) is 0.327. The van der Waals surface area contributed by atoms with E-state index in [-0.39, 0.29) is 10.7 Å². The summed E-state index contributed by atoms with van der Waals surface area (Å²) >= 11 is 5.80. The number of ether oxygens (including phenoxy) is 1. The molecule has 0 amide bonds. The largest absolute Gasteiger partial charge is 0.456 e. The van der Waals surface area contributed by atoms with Gasteiger partial charge in [-0.05, 0) is 50.1 Å². The van der Waals surface area contributed by atoms with Gasteiger partial charge in [0.25, 0.3) is 0 Å². The summed E-state index contributed by atoms with van der Waals surface area (Å²) in [5.74, 6) is -1.58. The predicted octanol–water partition coefficient (Wildman–Crippen LogP) is 3.67. The second-order valence-corrected chi connectivity index (χ2v) is 9.66. The van der Waals surface area contributed by atoms with E-state index >= 15 is 0 Å². The molecule has 0 aliphatic carbocycles. The second kappa shape index (κ2) is 10.3. The van der Waals surface area contributed by atoms with Crippen LogP contribution in [0.15, 0.2) is 47.9 Å². The van der Waals surface area contributed by atoms with Gasteiger partial charge in [0.2, 0.25) is 15.8 Å². The van der Waals surface area contributed by atoms with Crippen molar-refractivity contribution in [3.05, 3.63) is 65.0 Å². The maximum atomic E-state index is 12.6. The Kier molecular flexibility index (Phi) is 8.22. The summed E-state index contributed by atoms with van der Waals surface area (Å²) in [7, 11) is -3.98. The third-order valence-corrected chi connectivity index (χ3v) is 6.57. The highest BCUT2D eigenvalue weighted by Crippen LogP contribution is 2.18. The van der Waals surface area contributed by atoms with Crippen LogP contribution in [0.4, 0.5) is 0 Å². The van der Waals surface area contributed by atoms with Gasteiger partial charge in [-0.1, -0.05) is 31.5 Å². The number of ketones is 1. The first-order chi connectivity index (χ1) is 14.5. The lowest BCUT2D eigenvalue weighted by Crippen LogP contribution is -2.45. The first-order valence-corrected chi connectivity index (χ1v) is 11.6. The van der Waals surface area contributed by atoms with Crippen LogP contribution < -0.4 is 4.72 Å². The minimum Gasteiger partial charge on any atom is -0.456 e. The van der Waals surface area contributed by atoms with Gasteiger partial charge < -0.3 is 9.30 Å². The monoisotopic (exact) mass is 466 g/mol. The number of carbonyl (C=O) groups excluding carboxylic acids is 2. The van der Waals surface area contributed by atoms with E-state index < -0.39 is 34.6 Å². The Hall–Kier alpha value is -2.42. The summed E-state index contributed by atoms with van der Waals surface area (Å²) in [5, 5.41) is 0.393. The van der Waals surface area contributed by atoms with Gasteiger partial charge in [-0.3, -0.25) is 9.59 Å². The molecule has 1 heterocycles. The van der Waals surface area contributed by atoms with Crippen molar-refractivity contribution in [2.24, 2.45) is 5.92 Å². The number of nitrogens with zero attached hydrogens (tertiary/aromatic N) is 1. The molecule has 0 aliphatic rings. The molecule has 2 rings (SSSR count). The molecule has 0 fully saturated rings. The van der Waals surface area contributed by atoms with Crippen molar-refractivity contribution < 1.29 is 22.7 Å². The summed E-state index contributed by atoms with van der Waals surface area (Å²) in [5.41, 5.74) is 2.10. The maximum absolute atomic E-state index is 12.6. The molecule has 1 aromatic carbocycles. The lowest BCUT2D eigenvalue weighted by atomic mass is 10.1. The van der Waals surface area contributed by atoms with Crippen LogP contribution in [0.1, 0.15) is 35.6 Å². The molecule has 0 aliphatic heterocycles. The first kappa shape index (κ1) is 24.8. The summed E-state index contributed by atoms with van der Waals surface area (Å²) in [4.78, 5) is 25.2. The van der Waals surface area contributed by atoms with E-state index in [1.807, 2.05) is 18.4 Å². The molecule has 0 spiro atoms. The number of aryl methyl sites for hydroxylation is 1. The SMILES string of the molecule is C=CCn1c(C)cc(C(=O)COC(=O)[C@@H](NS(=O)(=O)c2ccc(Cl)cc2)C(C)C)c1C. The molecule has 1 atom stereocenters. The topological polar surface area (TPSA) is 94.5 Å². The Bertz CT molecular complexity index is 1070. The molecule has 1 aromatic heterocycles. The fraction of sp³-hybridized carbons (Fsp3) is 0.364. The molecular weight excluding hydrogens is 440 g/mol. The van der Waals surface area contributed by atoms with E-state index in [0.717, 1.165) is 11.4 Å². The van der Waals surface area contributed by atoms with Gasteiger partial charge in [0.05, 0.1) is 4.90 Å². The van der Waals surface area contributed by atoms with Crippen LogP contribution in [0.3, 0.4) is 0 Å². The standard InChI is InChI=1S/C22H27ClN2O5S/c1-6-11-25-15(4)12-19(16(25)5)20(26)13-30-22(27)21(14(2)3)24-31(28,29)18-9-7-17(23)8-10-18/h6-10,12,14,21,24H,1,11,13H2,2-5H3/t21-/m0/s1. The van der Waals surface area contributed by atoms with Crippen molar-refractivity contribution in [1.29, 1.82) is 0 Å². The van der Waals surface area contributed by atoms with E-state index in [2.05, 4.69) is 11.3 Å². The molecule has 31 heavy (non-hydrogen) atoms. The number of sulfonamides is 1. The first-order valence-electron chi connectivity index (χ1n) is 9.73. The highest BCUT2D eigenvalue weighted by atomic mass is 35.5. The Labute approximate surface area is 188 Å². The van der Waals surface area contributed by atoms with Crippen LogP contribution in [0.5, 0.6) is 0 Å². The normalized spacial score (nSPS) is 12.6. The molecule has 168 valence electrons. The highest BCUT2D eigenvalue weighted by Gasteiger charge is 2.30. The van der Waals surface area contributed by atoms with Gasteiger partial charge in [-0.15, -0.1) is 6.58 Å². The number of benzene rings is 1. The molecular formula is C22H27ClN2O5S. The highest BCUT2D eigenvalue weighted by molar-refractivity contribution is 7.89. The Balaban J connectivity index is 2.11. The third kappa shape index (κ3) is 6.06. The minimum atomic E-state index is -3.98. The van der Waals surface area contributed by atoms with Crippen molar-refractivity contribution in [1.82, 2.24) is 9.29 Å². The van der Waals surface area contributed by atoms with Gasteiger partial charge in [-0.25, -0.2) is 8.42 Å². The number of aromatic nitrogens is 1. The Morgan fingerprint density at radius 3 is 2.39 bits per heavy atom. The summed E-state index contributed by atoms with van der Waals surface area (Å²) in [6.45, 7) is 10.8. The van der Waals surface area contributed by atoms with Gasteiger partial charge in [0.1, 0.15) is 6.04 Å². The molecule has 7 nitrogen and oxygen atoms in total. The fourth-order valence-electron chi connectivity index (χ4n) is 3.10. The zero-order chi connectivity index (χ0) is 23.3. The third-order valence-electron chi connectivity index (χ3n) is 4.86. The number of rotatable bonds is 10. The summed E-state index contributed by atoms with van der Waals surface area (Å²) in [6, 6.07) is 6.16. The predicted molar refractivity (Wildman–Crippen MR) is 120 cm³/mol. The Morgan fingerprint density at radius 1 is 1.23 bits per heavy atom. The van der Waals surface area contributed by atoms with Crippen molar-refractivity contribution in [3.8, 4) is 0 Å². The van der Waals surface area contributed by atoms with E-state index in [1.54, 1.807) is 26.0 Å². The number of carbonyl (C=O) groups is 2. The summed E-state index contributed by atoms with van der Waals surface area (Å²) in [6.07, 6.45) is 1.73. The van der Waals surface area contributed by atoms with Crippen LogP contribution in [0, 0.1) is 19.8 Å². The van der Waals surface area contributed by atoms with Crippen LogP contribution in [0.25, 0.3) is 0 Å². The van der Waals surface area contributed by atoms with Crippen molar-refractivity contribution in [3.63, 3.8) is 0 Å². The smallest absolute Gasteiger partial charge is 0.324 e. The fourth-order valence-corrected chi connectivity index (χ4v) is 4.56. The number of esters is 1. The number of nitrogens with one attached hydrogen (secondary N) is 1. The summed E-state index contributed by atoms with van der Waals surface area (Å²) < 4.78 is 34.7.